The molecule has 0 saturated heterocycles. The van der Waals surface area contributed by atoms with Crippen molar-refractivity contribution in [1.82, 2.24) is 19.5 Å². The van der Waals surface area contributed by atoms with Crippen LogP contribution in [-0.4, -0.2) is 26.1 Å². The van der Waals surface area contributed by atoms with Crippen LogP contribution in [0.15, 0.2) is 18.6 Å². The molecule has 2 heterocycles. The summed E-state index contributed by atoms with van der Waals surface area (Å²) in [7, 11) is 1.95. The molecule has 2 N–H and O–H groups in total. The Morgan fingerprint density at radius 1 is 1.44 bits per heavy atom. The number of aromatic nitrogens is 4. The van der Waals surface area contributed by atoms with Crippen LogP contribution in [0.3, 0.4) is 0 Å². The van der Waals surface area contributed by atoms with Gasteiger partial charge in [0.25, 0.3) is 0 Å². The molecule has 5 nitrogen and oxygen atoms in total. The van der Waals surface area contributed by atoms with Crippen molar-refractivity contribution in [3.8, 4) is 11.6 Å². The van der Waals surface area contributed by atoms with Crippen LogP contribution in [0.25, 0.3) is 11.6 Å². The Labute approximate surface area is 106 Å². The van der Waals surface area contributed by atoms with Crippen molar-refractivity contribution in [2.45, 2.75) is 19.3 Å². The molecule has 0 aromatic carbocycles. The van der Waals surface area contributed by atoms with Crippen LogP contribution in [0.1, 0.15) is 17.7 Å². The Bertz CT molecular complexity index is 560. The van der Waals surface area contributed by atoms with Gasteiger partial charge in [0.1, 0.15) is 0 Å². The number of imidazole rings is 1. The van der Waals surface area contributed by atoms with Crippen LogP contribution in [0.5, 0.6) is 0 Å². The fourth-order valence-electron chi connectivity index (χ4n) is 2.47. The number of fused-ring (bicyclic) bond motifs is 1. The second-order valence-electron chi connectivity index (χ2n) is 4.87. The number of nitrogens with zero attached hydrogens (tertiary/aromatic N) is 4. The molecule has 0 saturated carbocycles. The number of rotatable bonds is 2. The van der Waals surface area contributed by atoms with Crippen LogP contribution >= 0.6 is 0 Å². The first-order chi connectivity index (χ1) is 8.78. The van der Waals surface area contributed by atoms with Crippen molar-refractivity contribution in [2.24, 2.45) is 18.7 Å². The zero-order valence-corrected chi connectivity index (χ0v) is 10.5. The van der Waals surface area contributed by atoms with Crippen molar-refractivity contribution in [2.75, 3.05) is 6.54 Å². The van der Waals surface area contributed by atoms with E-state index >= 15 is 0 Å². The van der Waals surface area contributed by atoms with Crippen LogP contribution in [0.4, 0.5) is 0 Å². The van der Waals surface area contributed by atoms with Crippen molar-refractivity contribution >= 4 is 0 Å². The minimum Gasteiger partial charge on any atom is -0.331 e. The van der Waals surface area contributed by atoms with Crippen molar-refractivity contribution in [3.05, 3.63) is 29.8 Å². The van der Waals surface area contributed by atoms with Crippen LogP contribution in [0.2, 0.25) is 0 Å². The number of hydrogen-bond donors (Lipinski definition) is 1. The highest BCUT2D eigenvalue weighted by atomic mass is 15.1. The maximum Gasteiger partial charge on any atom is 0.196 e. The molecule has 0 radical (unpaired) electrons. The van der Waals surface area contributed by atoms with E-state index in [-0.39, 0.29) is 0 Å². The predicted octanol–water partition coefficient (Wildman–Crippen LogP) is 0.941. The third-order valence-corrected chi connectivity index (χ3v) is 3.61. The quantitative estimate of drug-likeness (QED) is 0.852. The molecule has 1 unspecified atom stereocenters. The molecule has 1 atom stereocenters. The minimum atomic E-state index is 0.583. The van der Waals surface area contributed by atoms with E-state index in [1.54, 1.807) is 6.20 Å². The monoisotopic (exact) mass is 243 g/mol. The summed E-state index contributed by atoms with van der Waals surface area (Å²) in [6.07, 6.45) is 8.74. The Morgan fingerprint density at radius 3 is 3.06 bits per heavy atom. The first-order valence-corrected chi connectivity index (χ1v) is 6.30. The van der Waals surface area contributed by atoms with Crippen molar-refractivity contribution < 1.29 is 0 Å². The van der Waals surface area contributed by atoms with Gasteiger partial charge in [-0.3, -0.25) is 0 Å². The summed E-state index contributed by atoms with van der Waals surface area (Å²) in [5.41, 5.74) is 8.14. The van der Waals surface area contributed by atoms with Gasteiger partial charge in [0, 0.05) is 31.3 Å². The Morgan fingerprint density at radius 2 is 2.33 bits per heavy atom. The SMILES string of the molecule is Cn1ccnc1-c1ncc2c(n1)CCC(CN)C2. The number of aryl methyl sites for hydroxylation is 2. The molecule has 0 amide bonds. The molecule has 3 rings (SSSR count). The Hall–Kier alpha value is -1.75. The van der Waals surface area contributed by atoms with Crippen molar-refractivity contribution in [3.63, 3.8) is 0 Å². The molecule has 1 aliphatic rings. The van der Waals surface area contributed by atoms with Crippen molar-refractivity contribution in [1.29, 1.82) is 0 Å². The predicted molar refractivity (Wildman–Crippen MR) is 68.8 cm³/mol. The lowest BCUT2D eigenvalue weighted by Gasteiger charge is -2.22. The van der Waals surface area contributed by atoms with Gasteiger partial charge in [-0.05, 0) is 37.3 Å². The number of hydrogen-bond acceptors (Lipinski definition) is 4. The average Bonchev–Trinajstić information content (AvgIpc) is 2.84. The molecule has 5 heteroatoms. The summed E-state index contributed by atoms with van der Waals surface area (Å²) in [6.45, 7) is 0.751. The molecule has 2 aromatic heterocycles. The minimum absolute atomic E-state index is 0.583. The molecular weight excluding hydrogens is 226 g/mol. The van der Waals surface area contributed by atoms with E-state index in [2.05, 4.69) is 15.0 Å². The van der Waals surface area contributed by atoms with E-state index in [1.807, 2.05) is 24.0 Å². The molecule has 1 aliphatic carbocycles. The smallest absolute Gasteiger partial charge is 0.196 e. The van der Waals surface area contributed by atoms with E-state index in [0.717, 1.165) is 37.3 Å². The molecule has 0 aliphatic heterocycles. The highest BCUT2D eigenvalue weighted by Crippen LogP contribution is 2.24. The highest BCUT2D eigenvalue weighted by Gasteiger charge is 2.20. The fraction of sp³-hybridized carbons (Fsp3) is 0.462. The summed E-state index contributed by atoms with van der Waals surface area (Å²) in [6, 6.07) is 0. The lowest BCUT2D eigenvalue weighted by atomic mass is 9.87. The van der Waals surface area contributed by atoms with Gasteiger partial charge in [-0.2, -0.15) is 0 Å². The second-order valence-corrected chi connectivity index (χ2v) is 4.87. The highest BCUT2D eigenvalue weighted by molar-refractivity contribution is 5.44. The molecule has 18 heavy (non-hydrogen) atoms. The van der Waals surface area contributed by atoms with Gasteiger partial charge in [0.15, 0.2) is 11.6 Å². The third-order valence-electron chi connectivity index (χ3n) is 3.61. The van der Waals surface area contributed by atoms with Gasteiger partial charge in [-0.1, -0.05) is 0 Å². The normalized spacial score (nSPS) is 18.7. The molecule has 0 fully saturated rings. The first kappa shape index (κ1) is 11.3. The van der Waals surface area contributed by atoms with E-state index in [0.29, 0.717) is 11.7 Å². The maximum absolute atomic E-state index is 5.73. The van der Waals surface area contributed by atoms with Gasteiger partial charge in [-0.25, -0.2) is 15.0 Å². The van der Waals surface area contributed by atoms with Crippen LogP contribution < -0.4 is 5.73 Å². The van der Waals surface area contributed by atoms with Gasteiger partial charge in [0.2, 0.25) is 0 Å². The summed E-state index contributed by atoms with van der Waals surface area (Å²) < 4.78 is 1.94. The zero-order chi connectivity index (χ0) is 12.5. The van der Waals surface area contributed by atoms with Crippen LogP contribution in [-0.2, 0) is 19.9 Å². The lowest BCUT2D eigenvalue weighted by Crippen LogP contribution is -2.23. The second kappa shape index (κ2) is 4.49. The van der Waals surface area contributed by atoms with Gasteiger partial charge in [-0.15, -0.1) is 0 Å². The van der Waals surface area contributed by atoms with E-state index in [9.17, 15) is 0 Å². The van der Waals surface area contributed by atoms with Gasteiger partial charge < -0.3 is 10.3 Å². The molecule has 94 valence electrons. The fourth-order valence-corrected chi connectivity index (χ4v) is 2.47. The van der Waals surface area contributed by atoms with E-state index < -0.39 is 0 Å². The first-order valence-electron chi connectivity index (χ1n) is 6.30. The maximum atomic E-state index is 5.73. The number of nitrogens with two attached hydrogens (primary N) is 1. The largest absolute Gasteiger partial charge is 0.331 e. The zero-order valence-electron chi connectivity index (χ0n) is 10.5. The van der Waals surface area contributed by atoms with E-state index in [4.69, 9.17) is 5.73 Å². The standard InChI is InChI=1S/C13H17N5/c1-18-5-4-15-13(18)12-16-8-10-6-9(7-14)2-3-11(10)17-12/h4-5,8-9H,2-3,6-7,14H2,1H3. The topological polar surface area (TPSA) is 69.6 Å². The van der Waals surface area contributed by atoms with Crippen LogP contribution in [0, 0.1) is 5.92 Å². The molecule has 0 bridgehead atoms. The van der Waals surface area contributed by atoms with E-state index in [1.165, 1.54) is 5.56 Å². The molecule has 0 spiro atoms. The Kier molecular flexibility index (Phi) is 2.83. The summed E-state index contributed by atoms with van der Waals surface area (Å²) in [4.78, 5) is 13.4. The lowest BCUT2D eigenvalue weighted by molar-refractivity contribution is 0.462. The summed E-state index contributed by atoms with van der Waals surface area (Å²) in [5, 5.41) is 0. The molecule has 2 aromatic rings. The summed E-state index contributed by atoms with van der Waals surface area (Å²) in [5.74, 6) is 2.12. The van der Waals surface area contributed by atoms with Gasteiger partial charge >= 0.3 is 0 Å². The van der Waals surface area contributed by atoms with Gasteiger partial charge in [0.05, 0.1) is 0 Å². The third kappa shape index (κ3) is 1.90. The summed E-state index contributed by atoms with van der Waals surface area (Å²) >= 11 is 0. The molecular formula is C13H17N5. The Balaban J connectivity index is 1.95. The average molecular weight is 243 g/mol.